The number of alkyl carbamates (subject to hydrolysis) is 2. The Bertz CT molecular complexity index is 5890. The number of amides is 6. The lowest BCUT2D eigenvalue weighted by Gasteiger charge is -2.34. The molecule has 680 valence electrons. The van der Waals surface area contributed by atoms with Crippen LogP contribution in [-0.4, -0.2) is 201 Å². The van der Waals surface area contributed by atoms with Crippen molar-refractivity contribution in [1.82, 2.24) is 79.9 Å². The van der Waals surface area contributed by atoms with Crippen LogP contribution < -0.4 is 10.6 Å². The fourth-order valence-corrected chi connectivity index (χ4v) is 18.4. The fraction of sp³-hybridized carbons (Fsp3) is 0.388. The normalized spacial score (nSPS) is 17.2. The van der Waals surface area contributed by atoms with Crippen molar-refractivity contribution in [2.45, 2.75) is 181 Å². The molecule has 16 rings (SSSR count). The van der Waals surface area contributed by atoms with Crippen molar-refractivity contribution in [3.05, 3.63) is 241 Å². The number of hydrogen-bond donors (Lipinski definition) is 7. The molecule has 4 saturated heterocycles. The lowest BCUT2D eigenvalue weighted by Crippen LogP contribution is -2.51. The molecule has 0 aliphatic carbocycles. The average Bonchev–Trinajstić information content (AvgIpc) is 1.56. The van der Waals surface area contributed by atoms with Crippen LogP contribution in [0.4, 0.5) is 14.4 Å². The summed E-state index contributed by atoms with van der Waals surface area (Å²) in [6.07, 6.45) is 12.7. The molecule has 8 aromatic carbocycles. The number of aromatic nitrogens is 8. The van der Waals surface area contributed by atoms with Gasteiger partial charge in [0.2, 0.25) is 17.7 Å². The number of nitrogens with one attached hydrogen (secondary N) is 6. The number of hydrogen-bond acceptors (Lipinski definition) is 16. The first-order chi connectivity index (χ1) is 62.7. The molecule has 4 fully saturated rings. The van der Waals surface area contributed by atoms with Gasteiger partial charge in [-0.2, -0.15) is 0 Å². The summed E-state index contributed by atoms with van der Waals surface area (Å²) in [6, 6.07) is 59.3. The van der Waals surface area contributed by atoms with Gasteiger partial charge in [0.15, 0.2) is 0 Å². The number of rotatable bonds is 26. The maximum atomic E-state index is 14.3. The van der Waals surface area contributed by atoms with Gasteiger partial charge < -0.3 is 64.6 Å². The first-order valence-electron chi connectivity index (χ1n) is 45.7. The van der Waals surface area contributed by atoms with E-state index in [4.69, 9.17) is 24.2 Å². The predicted molar refractivity (Wildman–Crippen MR) is 505 cm³/mol. The molecule has 4 aliphatic rings. The lowest BCUT2D eigenvalue weighted by atomic mass is 9.98. The van der Waals surface area contributed by atoms with Crippen LogP contribution in [0.1, 0.15) is 198 Å². The number of likely N-dealkylation sites (N-methyl/N-ethyl adjacent to an activating group) is 2. The first kappa shape index (κ1) is 92.9. The summed E-state index contributed by atoms with van der Waals surface area (Å²) in [6.45, 7) is 27.1. The van der Waals surface area contributed by atoms with E-state index in [0.29, 0.717) is 19.6 Å². The van der Waals surface area contributed by atoms with Gasteiger partial charge in [0, 0.05) is 37.3 Å². The van der Waals surface area contributed by atoms with Crippen LogP contribution in [0.15, 0.2) is 207 Å². The first-order valence-corrected chi connectivity index (χ1v) is 45.7. The van der Waals surface area contributed by atoms with Gasteiger partial charge in [-0.1, -0.05) is 213 Å². The number of imidazole rings is 4. The SMILES string of the molecule is CCN(CC)C(C(=O)N1CCC[C@H]1c1ncc(-c2ccc3cc(-c4ccc(-c5cnc([C@@H]6CCCN6C(=O)[C@@H](NC(=O)OC)C(C)C)[nH]5)cc4)ccc3c2)[nH]1)c1ccccc1.CCN(CC)C(C(=O)O)c1ccccc1.COC(=O)N[C@H](C(=O)N1CCC[C@H]1c1ncc(-c2ccc(-c3ccc4cc(-c5cnc([C@@H]6CCCN6C(=O)OC(C)(C)C)[nH]5)ccc4c3)cc2)[nH]1)C(C)C. The minimum absolute atomic E-state index is 0.0953. The number of H-pyrrole nitrogens is 4. The van der Waals surface area contributed by atoms with Crippen LogP contribution in [0.25, 0.3) is 88.8 Å². The zero-order valence-electron chi connectivity index (χ0n) is 76.7. The molecular formula is C103H122N16O11. The van der Waals surface area contributed by atoms with Crippen molar-refractivity contribution in [3.8, 4) is 67.3 Å². The Balaban J connectivity index is 0.000000182. The van der Waals surface area contributed by atoms with Crippen LogP contribution in [0, 0.1) is 11.8 Å². The van der Waals surface area contributed by atoms with E-state index in [2.05, 4.69) is 193 Å². The number of carboxylic acids is 1. The predicted octanol–water partition coefficient (Wildman–Crippen LogP) is 19.6. The molecule has 0 bridgehead atoms. The van der Waals surface area contributed by atoms with Gasteiger partial charge in [-0.3, -0.25) is 33.9 Å². The number of fused-ring (bicyclic) bond motifs is 2. The summed E-state index contributed by atoms with van der Waals surface area (Å²) in [5.74, 6) is 1.98. The quantitative estimate of drug-likeness (QED) is 0.0248. The number of carboxylic acid groups (broad SMARTS) is 1. The second-order valence-electron chi connectivity index (χ2n) is 35.5. The summed E-state index contributed by atoms with van der Waals surface area (Å²) < 4.78 is 15.2. The highest BCUT2D eigenvalue weighted by Gasteiger charge is 2.42. The van der Waals surface area contributed by atoms with Gasteiger partial charge in [0.25, 0.3) is 0 Å². The average molecular weight is 1760 g/mol. The Morgan fingerprint density at radius 1 is 0.400 bits per heavy atom. The second-order valence-corrected chi connectivity index (χ2v) is 35.5. The standard InChI is InChI=1S/C49H56N8O4.C42H49N7O5.C12H17NO2/c1-6-55(7-2)44(34-13-9-8-10-14-34)48(59)57-26-12-16-42(57)46-51-30-40(53-46)38-24-23-36-27-35(21-22-37(36)28-38)32-17-19-33(20-18-32)39-29-50-45(52-39)41-15-11-25-56(41)47(58)43(31(3)4)54-49(60)61-5;1-25(2)36(47-40(51)53-6)39(50)48-19-7-9-34(48)37-43-23-32(45-37)27-13-11-26(12-14-27)28-15-16-30-22-31(18-17-29(30)21-28)33-24-44-38(46-33)35-10-8-20-49(35)41(52)54-42(3,4)5;1-3-13(4-2)11(12(14)15)10-8-6-5-7-9-10/h8-10,13-14,17-24,27-31,41-44H,6-7,11-12,15-16,25-26H2,1-5H3,(H,50,52)(H,51,53)(H,54,60);11-18,21-25,34-36H,7-10,19-20H2,1-6H3,(H,43,45)(H,44,46)(H,47,51);5-9,11H,3-4H2,1-2H3,(H,14,15)/t41-,42-,43-,44?;34-,35-,36-;/m00./s1. The van der Waals surface area contributed by atoms with Crippen molar-refractivity contribution in [2.75, 3.05) is 66.6 Å². The molecule has 12 aromatic rings. The molecule has 27 heteroatoms. The smallest absolute Gasteiger partial charge is 0.410 e. The summed E-state index contributed by atoms with van der Waals surface area (Å²) in [4.78, 5) is 134. The maximum absolute atomic E-state index is 14.3. The summed E-state index contributed by atoms with van der Waals surface area (Å²) in [7, 11) is 2.59. The van der Waals surface area contributed by atoms with Gasteiger partial charge in [0.05, 0.1) is 86.0 Å². The lowest BCUT2D eigenvalue weighted by molar-refractivity contribution is -0.143. The molecule has 8 atom stereocenters. The minimum atomic E-state index is -0.787. The third-order valence-electron chi connectivity index (χ3n) is 25.3. The Labute approximate surface area is 760 Å². The molecule has 6 amide bonds. The number of aromatic amines is 4. The Morgan fingerprint density at radius 3 is 1.02 bits per heavy atom. The summed E-state index contributed by atoms with van der Waals surface area (Å²) >= 11 is 0. The topological polar surface area (TPSA) is 326 Å². The number of likely N-dealkylation sites (tertiary alicyclic amines) is 4. The van der Waals surface area contributed by atoms with Crippen LogP contribution in [0.2, 0.25) is 0 Å². The van der Waals surface area contributed by atoms with Crippen LogP contribution in [0.3, 0.4) is 0 Å². The van der Waals surface area contributed by atoms with Crippen molar-refractivity contribution in [3.63, 3.8) is 0 Å². The highest BCUT2D eigenvalue weighted by molar-refractivity contribution is 5.93. The van der Waals surface area contributed by atoms with Gasteiger partial charge in [-0.25, -0.2) is 34.3 Å². The number of carbonyl (C=O) groups is 7. The number of aliphatic carboxylic acids is 1. The van der Waals surface area contributed by atoms with E-state index in [1.807, 2.05) is 155 Å². The van der Waals surface area contributed by atoms with Crippen molar-refractivity contribution in [2.24, 2.45) is 11.8 Å². The van der Waals surface area contributed by atoms with Crippen LogP contribution in [-0.2, 0) is 33.4 Å². The molecule has 4 aliphatic heterocycles. The summed E-state index contributed by atoms with van der Waals surface area (Å²) in [5, 5.41) is 19.1. The number of nitrogens with zero attached hydrogens (tertiary/aromatic N) is 10. The fourth-order valence-electron chi connectivity index (χ4n) is 18.4. The molecule has 27 nitrogen and oxygen atoms in total. The van der Waals surface area contributed by atoms with E-state index < -0.39 is 41.9 Å². The van der Waals surface area contributed by atoms with E-state index in [1.54, 1.807) is 4.90 Å². The van der Waals surface area contributed by atoms with Gasteiger partial charge in [-0.15, -0.1) is 0 Å². The van der Waals surface area contributed by atoms with E-state index in [0.717, 1.165) is 207 Å². The van der Waals surface area contributed by atoms with Crippen LogP contribution >= 0.6 is 0 Å². The minimum Gasteiger partial charge on any atom is -0.480 e. The highest BCUT2D eigenvalue weighted by Crippen LogP contribution is 2.41. The largest absolute Gasteiger partial charge is 0.480 e. The zero-order valence-corrected chi connectivity index (χ0v) is 76.7. The number of ether oxygens (including phenoxy) is 3. The molecule has 4 aromatic heterocycles. The number of carbonyl (C=O) groups excluding carboxylic acids is 6. The maximum Gasteiger partial charge on any atom is 0.410 e. The highest BCUT2D eigenvalue weighted by atomic mass is 16.6. The molecule has 8 heterocycles. The number of benzene rings is 8. The molecule has 0 radical (unpaired) electrons. The Kier molecular flexibility index (Phi) is 29.9. The van der Waals surface area contributed by atoms with Gasteiger partial charge in [-0.05, 0) is 200 Å². The van der Waals surface area contributed by atoms with E-state index in [-0.39, 0.29) is 65.9 Å². The monoisotopic (exact) mass is 1760 g/mol. The van der Waals surface area contributed by atoms with E-state index in [1.165, 1.54) is 14.2 Å². The van der Waals surface area contributed by atoms with Crippen molar-refractivity contribution >= 4 is 63.5 Å². The molecular weight excluding hydrogens is 1640 g/mol. The molecule has 0 spiro atoms. The van der Waals surface area contributed by atoms with Gasteiger partial charge >= 0.3 is 24.2 Å². The third-order valence-corrected chi connectivity index (χ3v) is 25.3. The van der Waals surface area contributed by atoms with Crippen molar-refractivity contribution < 1.29 is 52.9 Å². The number of methoxy groups -OCH3 is 2. The summed E-state index contributed by atoms with van der Waals surface area (Å²) in [5.41, 5.74) is 13.4. The van der Waals surface area contributed by atoms with Crippen molar-refractivity contribution in [1.29, 1.82) is 0 Å². The van der Waals surface area contributed by atoms with Crippen LogP contribution in [0.5, 0.6) is 0 Å². The Hall–Kier alpha value is -13.3. The molecule has 130 heavy (non-hydrogen) atoms. The molecule has 2 unspecified atom stereocenters. The molecule has 7 N–H and O–H groups in total. The second kappa shape index (κ2) is 41.9. The van der Waals surface area contributed by atoms with E-state index >= 15 is 0 Å². The molecule has 0 saturated carbocycles. The van der Waals surface area contributed by atoms with Gasteiger partial charge in [0.1, 0.15) is 53.1 Å². The zero-order chi connectivity index (χ0) is 92.0. The van der Waals surface area contributed by atoms with E-state index in [9.17, 15) is 38.7 Å². The third kappa shape index (κ3) is 21.3. The Morgan fingerprint density at radius 2 is 0.692 bits per heavy atom.